The molecule has 0 spiro atoms. The van der Waals surface area contributed by atoms with Crippen molar-refractivity contribution in [3.05, 3.63) is 51.7 Å². The largest absolute Gasteiger partial charge is 0.398 e. The van der Waals surface area contributed by atoms with Crippen molar-refractivity contribution in [3.63, 3.8) is 0 Å². The van der Waals surface area contributed by atoms with Crippen molar-refractivity contribution in [1.82, 2.24) is 5.32 Å². The molecule has 1 heterocycles. The molecule has 0 saturated carbocycles. The summed E-state index contributed by atoms with van der Waals surface area (Å²) in [4.78, 5) is 1.17. The summed E-state index contributed by atoms with van der Waals surface area (Å²) in [5.41, 5.74) is 8.50. The van der Waals surface area contributed by atoms with Crippen molar-refractivity contribution in [2.24, 2.45) is 0 Å². The van der Waals surface area contributed by atoms with Crippen LogP contribution in [0.5, 0.6) is 0 Å². The maximum atomic E-state index is 8.68. The minimum atomic E-state index is 0.691. The Morgan fingerprint density at radius 3 is 2.53 bits per heavy atom. The second-order valence-electron chi connectivity index (χ2n) is 3.71. The molecule has 0 atom stereocenters. The summed E-state index contributed by atoms with van der Waals surface area (Å²) in [6.07, 6.45) is 0. The number of nitrogens with two attached hydrogens (primary N) is 1. The van der Waals surface area contributed by atoms with Crippen LogP contribution < -0.4 is 11.1 Å². The molecule has 0 aliphatic rings. The van der Waals surface area contributed by atoms with Crippen molar-refractivity contribution in [2.75, 3.05) is 5.73 Å². The van der Waals surface area contributed by atoms with Gasteiger partial charge >= 0.3 is 0 Å². The van der Waals surface area contributed by atoms with Gasteiger partial charge in [-0.2, -0.15) is 5.26 Å². The zero-order valence-electron chi connectivity index (χ0n) is 9.31. The van der Waals surface area contributed by atoms with E-state index in [1.807, 2.05) is 35.7 Å². The van der Waals surface area contributed by atoms with E-state index in [1.54, 1.807) is 11.3 Å². The lowest BCUT2D eigenvalue weighted by Crippen LogP contribution is -2.12. The molecular formula is C13H13N3S. The summed E-state index contributed by atoms with van der Waals surface area (Å²) in [7, 11) is 0. The summed E-state index contributed by atoms with van der Waals surface area (Å²) >= 11 is 1.66. The molecule has 0 aliphatic heterocycles. The molecule has 2 aromatic rings. The Morgan fingerprint density at radius 1 is 1.18 bits per heavy atom. The fraction of sp³-hybridized carbons (Fsp3) is 0.154. The normalized spacial score (nSPS) is 10.1. The van der Waals surface area contributed by atoms with Crippen LogP contribution in [0.4, 0.5) is 5.69 Å². The predicted molar refractivity (Wildman–Crippen MR) is 70.4 cm³/mol. The van der Waals surface area contributed by atoms with Gasteiger partial charge in [-0.25, -0.2) is 0 Å². The molecule has 0 amide bonds. The summed E-state index contributed by atoms with van der Waals surface area (Å²) in [6, 6.07) is 11.6. The Hall–Kier alpha value is -1.83. The van der Waals surface area contributed by atoms with Gasteiger partial charge in [0.25, 0.3) is 0 Å². The molecule has 0 radical (unpaired) electrons. The molecule has 0 fully saturated rings. The van der Waals surface area contributed by atoms with Crippen LogP contribution in [-0.2, 0) is 13.1 Å². The van der Waals surface area contributed by atoms with E-state index in [-0.39, 0.29) is 0 Å². The van der Waals surface area contributed by atoms with Crippen LogP contribution in [0.15, 0.2) is 35.7 Å². The second-order valence-corrected chi connectivity index (χ2v) is 4.71. The van der Waals surface area contributed by atoms with E-state index in [0.29, 0.717) is 5.56 Å². The molecule has 0 unspecified atom stereocenters. The molecule has 1 aromatic heterocycles. The van der Waals surface area contributed by atoms with E-state index in [0.717, 1.165) is 18.8 Å². The standard InChI is InChI=1S/C13H13N3S/c14-7-10-1-3-11(4-2-10)8-16-9-13-12(15)5-6-17-13/h1-6,16H,8-9,15H2. The van der Waals surface area contributed by atoms with E-state index in [2.05, 4.69) is 11.4 Å². The van der Waals surface area contributed by atoms with Crippen LogP contribution in [0.1, 0.15) is 16.0 Å². The van der Waals surface area contributed by atoms with Crippen LogP contribution in [-0.4, -0.2) is 0 Å². The highest BCUT2D eigenvalue weighted by Crippen LogP contribution is 2.18. The van der Waals surface area contributed by atoms with Crippen molar-refractivity contribution in [1.29, 1.82) is 5.26 Å². The van der Waals surface area contributed by atoms with Gasteiger partial charge in [-0.15, -0.1) is 11.3 Å². The summed E-state index contributed by atoms with van der Waals surface area (Å²) in [5, 5.41) is 14.0. The lowest BCUT2D eigenvalue weighted by atomic mass is 10.1. The van der Waals surface area contributed by atoms with Gasteiger partial charge in [0.2, 0.25) is 0 Å². The van der Waals surface area contributed by atoms with Crippen LogP contribution in [0.2, 0.25) is 0 Å². The first kappa shape index (κ1) is 11.6. The lowest BCUT2D eigenvalue weighted by molar-refractivity contribution is 0.702. The van der Waals surface area contributed by atoms with Crippen molar-refractivity contribution in [2.45, 2.75) is 13.1 Å². The van der Waals surface area contributed by atoms with Gasteiger partial charge in [0, 0.05) is 23.7 Å². The third-order valence-electron chi connectivity index (χ3n) is 2.48. The van der Waals surface area contributed by atoms with Crippen LogP contribution in [0.25, 0.3) is 0 Å². The number of thiophene rings is 1. The number of benzene rings is 1. The van der Waals surface area contributed by atoms with Gasteiger partial charge in [-0.05, 0) is 29.1 Å². The van der Waals surface area contributed by atoms with Gasteiger partial charge in [-0.1, -0.05) is 12.1 Å². The number of rotatable bonds is 4. The Balaban J connectivity index is 1.86. The van der Waals surface area contributed by atoms with Gasteiger partial charge in [0.15, 0.2) is 0 Å². The highest BCUT2D eigenvalue weighted by molar-refractivity contribution is 7.10. The maximum Gasteiger partial charge on any atom is 0.0991 e. The molecule has 3 nitrogen and oxygen atoms in total. The first-order valence-corrected chi connectivity index (χ1v) is 6.19. The van der Waals surface area contributed by atoms with Gasteiger partial charge in [-0.3, -0.25) is 0 Å². The maximum absolute atomic E-state index is 8.68. The Labute approximate surface area is 105 Å². The molecule has 0 aliphatic carbocycles. The van der Waals surface area contributed by atoms with E-state index in [4.69, 9.17) is 11.0 Å². The number of nitrogens with zero attached hydrogens (tertiary/aromatic N) is 1. The highest BCUT2D eigenvalue weighted by atomic mass is 32.1. The topological polar surface area (TPSA) is 61.8 Å². The number of nitrogen functional groups attached to an aromatic ring is 1. The van der Waals surface area contributed by atoms with Crippen molar-refractivity contribution in [3.8, 4) is 6.07 Å². The molecule has 0 saturated heterocycles. The lowest BCUT2D eigenvalue weighted by Gasteiger charge is -2.04. The first-order valence-electron chi connectivity index (χ1n) is 5.31. The molecule has 1 aromatic carbocycles. The molecule has 2 rings (SSSR count). The molecule has 4 heteroatoms. The van der Waals surface area contributed by atoms with E-state index < -0.39 is 0 Å². The number of anilines is 1. The molecule has 17 heavy (non-hydrogen) atoms. The quantitative estimate of drug-likeness (QED) is 0.867. The molecule has 0 bridgehead atoms. The zero-order chi connectivity index (χ0) is 12.1. The smallest absolute Gasteiger partial charge is 0.0991 e. The van der Waals surface area contributed by atoms with E-state index in [1.165, 1.54) is 10.4 Å². The average Bonchev–Trinajstić information content (AvgIpc) is 2.76. The SMILES string of the molecule is N#Cc1ccc(CNCc2sccc2N)cc1. The summed E-state index contributed by atoms with van der Waals surface area (Å²) in [6.45, 7) is 1.56. The Bertz CT molecular complexity index is 522. The fourth-order valence-electron chi connectivity index (χ4n) is 1.51. The average molecular weight is 243 g/mol. The molecular weight excluding hydrogens is 230 g/mol. The number of nitrogens with one attached hydrogen (secondary N) is 1. The first-order chi connectivity index (χ1) is 8.29. The van der Waals surface area contributed by atoms with Crippen LogP contribution in [0, 0.1) is 11.3 Å². The molecule has 86 valence electrons. The Kier molecular flexibility index (Phi) is 3.76. The van der Waals surface area contributed by atoms with Gasteiger partial charge in [0.05, 0.1) is 11.6 Å². The second kappa shape index (κ2) is 5.48. The third-order valence-corrected chi connectivity index (χ3v) is 3.41. The van der Waals surface area contributed by atoms with Gasteiger partial charge in [0.1, 0.15) is 0 Å². The number of hydrogen-bond acceptors (Lipinski definition) is 4. The van der Waals surface area contributed by atoms with Crippen LogP contribution in [0.3, 0.4) is 0 Å². The van der Waals surface area contributed by atoms with Gasteiger partial charge < -0.3 is 11.1 Å². The summed E-state index contributed by atoms with van der Waals surface area (Å²) in [5.74, 6) is 0. The summed E-state index contributed by atoms with van der Waals surface area (Å²) < 4.78 is 0. The predicted octanol–water partition coefficient (Wildman–Crippen LogP) is 2.49. The van der Waals surface area contributed by atoms with Crippen LogP contribution >= 0.6 is 11.3 Å². The minimum absolute atomic E-state index is 0.691. The monoisotopic (exact) mass is 243 g/mol. The van der Waals surface area contributed by atoms with E-state index in [9.17, 15) is 0 Å². The van der Waals surface area contributed by atoms with E-state index >= 15 is 0 Å². The number of nitriles is 1. The zero-order valence-corrected chi connectivity index (χ0v) is 10.1. The minimum Gasteiger partial charge on any atom is -0.398 e. The van der Waals surface area contributed by atoms with Crippen molar-refractivity contribution < 1.29 is 0 Å². The Morgan fingerprint density at radius 2 is 1.94 bits per heavy atom. The van der Waals surface area contributed by atoms with Crippen molar-refractivity contribution >= 4 is 17.0 Å². The highest BCUT2D eigenvalue weighted by Gasteiger charge is 2.00. The third kappa shape index (κ3) is 3.06. The molecule has 3 N–H and O–H groups in total. The fourth-order valence-corrected chi connectivity index (χ4v) is 2.28. The number of hydrogen-bond donors (Lipinski definition) is 2.